The van der Waals surface area contributed by atoms with Gasteiger partial charge in [0.25, 0.3) is 0 Å². The van der Waals surface area contributed by atoms with Gasteiger partial charge in [-0.25, -0.2) is 15.0 Å². The van der Waals surface area contributed by atoms with E-state index in [-0.39, 0.29) is 17.0 Å². The average molecular weight is 380 g/mol. The fraction of sp³-hybridized carbons (Fsp3) is 0.550. The van der Waals surface area contributed by atoms with Crippen molar-refractivity contribution in [3.05, 3.63) is 40.3 Å². The Balaban J connectivity index is 1.47. The van der Waals surface area contributed by atoms with Gasteiger partial charge < -0.3 is 10.6 Å². The van der Waals surface area contributed by atoms with E-state index in [1.807, 2.05) is 19.1 Å². The molecule has 8 nitrogen and oxygen atoms in total. The Morgan fingerprint density at radius 2 is 1.71 bits per heavy atom. The maximum atomic E-state index is 11.9. The van der Waals surface area contributed by atoms with Crippen molar-refractivity contribution in [2.75, 3.05) is 10.6 Å². The molecule has 0 aromatic carbocycles. The lowest BCUT2D eigenvalue weighted by Crippen LogP contribution is -2.55. The number of nitrogens with zero attached hydrogens (tertiary/aromatic N) is 4. The third-order valence-electron chi connectivity index (χ3n) is 6.59. The monoisotopic (exact) mass is 380 g/mol. The van der Waals surface area contributed by atoms with Gasteiger partial charge in [-0.15, -0.1) is 0 Å². The number of nitro groups is 1. The van der Waals surface area contributed by atoms with E-state index in [0.29, 0.717) is 11.6 Å². The molecule has 4 bridgehead atoms. The van der Waals surface area contributed by atoms with Gasteiger partial charge in [-0.05, 0) is 80.9 Å². The van der Waals surface area contributed by atoms with Crippen LogP contribution in [0.3, 0.4) is 0 Å². The quantitative estimate of drug-likeness (QED) is 0.591. The topological polar surface area (TPSA) is 106 Å². The van der Waals surface area contributed by atoms with Gasteiger partial charge in [-0.2, -0.15) is 0 Å². The van der Waals surface area contributed by atoms with Gasteiger partial charge in [0.2, 0.25) is 11.6 Å². The van der Waals surface area contributed by atoms with E-state index in [4.69, 9.17) is 0 Å². The van der Waals surface area contributed by atoms with Crippen LogP contribution in [0.15, 0.2) is 24.7 Å². The van der Waals surface area contributed by atoms with Crippen molar-refractivity contribution in [1.29, 1.82) is 0 Å². The van der Waals surface area contributed by atoms with E-state index >= 15 is 0 Å². The van der Waals surface area contributed by atoms with Gasteiger partial charge in [-0.3, -0.25) is 10.1 Å². The lowest BCUT2D eigenvalue weighted by Gasteiger charge is -2.57. The summed E-state index contributed by atoms with van der Waals surface area (Å²) in [6, 6.07) is 3.71. The minimum Gasteiger partial charge on any atom is -0.359 e. The second-order valence-electron chi connectivity index (χ2n) is 8.84. The smallest absolute Gasteiger partial charge is 0.353 e. The van der Waals surface area contributed by atoms with Gasteiger partial charge >= 0.3 is 5.69 Å². The highest BCUT2D eigenvalue weighted by Crippen LogP contribution is 2.57. The Kier molecular flexibility index (Phi) is 3.96. The third kappa shape index (κ3) is 3.06. The first-order chi connectivity index (χ1) is 13.5. The second kappa shape index (κ2) is 6.39. The summed E-state index contributed by atoms with van der Waals surface area (Å²) in [5.74, 6) is 3.25. The van der Waals surface area contributed by atoms with Crippen LogP contribution in [-0.4, -0.2) is 25.4 Å². The fourth-order valence-electron chi connectivity index (χ4n) is 5.98. The highest BCUT2D eigenvalue weighted by atomic mass is 16.6. The zero-order chi connectivity index (χ0) is 19.3. The summed E-state index contributed by atoms with van der Waals surface area (Å²) in [5.41, 5.74) is 0.842. The summed E-state index contributed by atoms with van der Waals surface area (Å²) >= 11 is 0. The first-order valence-electron chi connectivity index (χ1n) is 9.97. The third-order valence-corrected chi connectivity index (χ3v) is 6.59. The van der Waals surface area contributed by atoms with E-state index in [1.165, 1.54) is 25.6 Å². The van der Waals surface area contributed by atoms with Crippen LogP contribution in [0.2, 0.25) is 0 Å². The number of rotatable bonds is 5. The van der Waals surface area contributed by atoms with Gasteiger partial charge in [0, 0.05) is 11.7 Å². The summed E-state index contributed by atoms with van der Waals surface area (Å²) in [4.78, 5) is 24.1. The molecule has 0 unspecified atom stereocenters. The molecule has 0 spiro atoms. The van der Waals surface area contributed by atoms with Crippen molar-refractivity contribution in [3.63, 3.8) is 0 Å². The molecule has 4 saturated carbocycles. The van der Waals surface area contributed by atoms with Crippen molar-refractivity contribution in [2.45, 2.75) is 51.0 Å². The van der Waals surface area contributed by atoms with Gasteiger partial charge in [0.1, 0.15) is 12.1 Å². The first kappa shape index (κ1) is 17.3. The molecule has 0 aliphatic heterocycles. The zero-order valence-electron chi connectivity index (χ0n) is 15.9. The number of hydrogen-bond acceptors (Lipinski definition) is 7. The Bertz CT molecular complexity index is 895. The van der Waals surface area contributed by atoms with Crippen molar-refractivity contribution >= 4 is 23.1 Å². The molecule has 2 heterocycles. The Morgan fingerprint density at radius 1 is 1.07 bits per heavy atom. The van der Waals surface area contributed by atoms with Crippen molar-refractivity contribution < 1.29 is 4.92 Å². The molecule has 0 amide bonds. The fourth-order valence-corrected chi connectivity index (χ4v) is 5.98. The minimum atomic E-state index is -0.402. The maximum absolute atomic E-state index is 11.9. The number of nitrogens with one attached hydrogen (secondary N) is 2. The molecule has 28 heavy (non-hydrogen) atoms. The van der Waals surface area contributed by atoms with Crippen LogP contribution in [-0.2, 0) is 0 Å². The summed E-state index contributed by atoms with van der Waals surface area (Å²) in [5, 5.41) is 18.4. The molecule has 146 valence electrons. The highest BCUT2D eigenvalue weighted by Gasteiger charge is 2.51. The predicted molar refractivity (Wildman–Crippen MR) is 105 cm³/mol. The summed E-state index contributed by atoms with van der Waals surface area (Å²) in [6.07, 6.45) is 10.3. The summed E-state index contributed by atoms with van der Waals surface area (Å²) < 4.78 is 0. The summed E-state index contributed by atoms with van der Waals surface area (Å²) in [6.45, 7) is 1.95. The molecule has 6 rings (SSSR count). The van der Waals surface area contributed by atoms with Crippen LogP contribution in [0.4, 0.5) is 23.1 Å². The molecule has 2 aromatic rings. The van der Waals surface area contributed by atoms with Crippen LogP contribution in [0, 0.1) is 34.8 Å². The highest BCUT2D eigenvalue weighted by molar-refractivity contribution is 5.73. The molecule has 4 aliphatic rings. The lowest BCUT2D eigenvalue weighted by atomic mass is 9.53. The first-order valence-corrected chi connectivity index (χ1v) is 9.97. The van der Waals surface area contributed by atoms with Crippen LogP contribution < -0.4 is 10.6 Å². The molecular weight excluding hydrogens is 356 g/mol. The normalized spacial score (nSPS) is 30.2. The molecular formula is C20H24N6O2. The van der Waals surface area contributed by atoms with Gasteiger partial charge in [-0.1, -0.05) is 0 Å². The second-order valence-corrected chi connectivity index (χ2v) is 8.84. The molecule has 2 aromatic heterocycles. The lowest BCUT2D eigenvalue weighted by molar-refractivity contribution is -0.383. The van der Waals surface area contributed by atoms with Crippen molar-refractivity contribution in [2.24, 2.45) is 17.8 Å². The molecule has 0 saturated heterocycles. The van der Waals surface area contributed by atoms with E-state index in [2.05, 4.69) is 25.6 Å². The van der Waals surface area contributed by atoms with Crippen LogP contribution >= 0.6 is 0 Å². The standard InChI is InChI=1S/C20H24N6O2/c1-12-2-3-21-16(4-12)24-18-17(26(27)28)19(23-11-22-18)25-20-8-13-5-14(9-20)7-15(6-13)10-20/h2-4,11,13-15H,5-10H2,1H3,(H2,21,22,23,24,25). The molecule has 0 radical (unpaired) electrons. The number of aromatic nitrogens is 3. The largest absolute Gasteiger partial charge is 0.359 e. The van der Waals surface area contributed by atoms with Crippen molar-refractivity contribution in [1.82, 2.24) is 15.0 Å². The zero-order valence-corrected chi connectivity index (χ0v) is 15.9. The molecule has 8 heteroatoms. The predicted octanol–water partition coefficient (Wildman–Crippen LogP) is 4.21. The Labute approximate surface area is 163 Å². The number of aryl methyl sites for hydroxylation is 1. The SMILES string of the molecule is Cc1ccnc(Nc2ncnc(NC34CC5CC(CC(C5)C3)C4)c2[N+](=O)[O-])c1. The molecule has 0 atom stereocenters. The van der Waals surface area contributed by atoms with Crippen LogP contribution in [0.25, 0.3) is 0 Å². The average Bonchev–Trinajstić information content (AvgIpc) is 2.60. The number of pyridine rings is 1. The van der Waals surface area contributed by atoms with Gasteiger partial charge in [0.15, 0.2) is 0 Å². The van der Waals surface area contributed by atoms with E-state index in [0.717, 1.165) is 42.6 Å². The molecule has 4 fully saturated rings. The van der Waals surface area contributed by atoms with Crippen LogP contribution in [0.5, 0.6) is 0 Å². The van der Waals surface area contributed by atoms with E-state index in [9.17, 15) is 10.1 Å². The number of anilines is 3. The Hall–Kier alpha value is -2.77. The minimum absolute atomic E-state index is 0.0628. The maximum Gasteiger partial charge on any atom is 0.353 e. The van der Waals surface area contributed by atoms with Gasteiger partial charge in [0.05, 0.1) is 4.92 Å². The van der Waals surface area contributed by atoms with E-state index in [1.54, 1.807) is 6.20 Å². The van der Waals surface area contributed by atoms with E-state index < -0.39 is 4.92 Å². The molecule has 2 N–H and O–H groups in total. The number of hydrogen-bond donors (Lipinski definition) is 2. The van der Waals surface area contributed by atoms with Crippen LogP contribution in [0.1, 0.15) is 44.1 Å². The Morgan fingerprint density at radius 3 is 2.32 bits per heavy atom. The molecule has 4 aliphatic carbocycles. The van der Waals surface area contributed by atoms with Crippen molar-refractivity contribution in [3.8, 4) is 0 Å². The summed E-state index contributed by atoms with van der Waals surface area (Å²) in [7, 11) is 0.